The topological polar surface area (TPSA) is 68.5 Å². The first-order valence-corrected chi connectivity index (χ1v) is 5.25. The van der Waals surface area contributed by atoms with Gasteiger partial charge in [0.15, 0.2) is 5.65 Å². The van der Waals surface area contributed by atoms with Crippen LogP contribution in [-0.2, 0) is 4.74 Å². The van der Waals surface area contributed by atoms with Gasteiger partial charge in [-0.2, -0.15) is 0 Å². The molecule has 0 fully saturated rings. The highest BCUT2D eigenvalue weighted by Crippen LogP contribution is 2.11. The Bertz CT molecular complexity index is 542. The van der Waals surface area contributed by atoms with E-state index in [1.54, 1.807) is 37.4 Å². The molecule has 6 nitrogen and oxygen atoms in total. The number of carbonyl (C=O) groups is 1. The van der Waals surface area contributed by atoms with Gasteiger partial charge in [0.2, 0.25) is 5.95 Å². The second-order valence-electron chi connectivity index (χ2n) is 4.58. The summed E-state index contributed by atoms with van der Waals surface area (Å²) in [6, 6.07) is 5.48. The molecule has 0 aliphatic carbocycles. The number of pyridine rings is 1. The summed E-state index contributed by atoms with van der Waals surface area (Å²) in [5.41, 5.74) is 0.128. The minimum atomic E-state index is -0.546. The quantitative estimate of drug-likeness (QED) is 0.820. The van der Waals surface area contributed by atoms with Crippen molar-refractivity contribution in [1.82, 2.24) is 14.6 Å². The molecule has 0 unspecified atom stereocenters. The fourth-order valence-electron chi connectivity index (χ4n) is 1.32. The predicted octanol–water partition coefficient (Wildman–Crippen LogP) is 2.08. The lowest BCUT2D eigenvalue weighted by Crippen LogP contribution is -2.27. The highest BCUT2D eigenvalue weighted by atomic mass is 16.6. The fourth-order valence-corrected chi connectivity index (χ4v) is 1.32. The van der Waals surface area contributed by atoms with Crippen LogP contribution in [0.15, 0.2) is 24.4 Å². The number of carbonyl (C=O) groups excluding carboxylic acids is 1. The smallest absolute Gasteiger partial charge is 0.414 e. The molecule has 0 saturated carbocycles. The SMILES string of the molecule is CC(C)(C)OC(=O)Nc1nnc2ccccn12. The molecule has 0 atom stereocenters. The molecule has 0 saturated heterocycles. The average molecular weight is 234 g/mol. The van der Waals surface area contributed by atoms with Crippen LogP contribution in [0, 0.1) is 0 Å². The summed E-state index contributed by atoms with van der Waals surface area (Å²) in [7, 11) is 0. The van der Waals surface area contributed by atoms with Crippen molar-refractivity contribution in [3.63, 3.8) is 0 Å². The van der Waals surface area contributed by atoms with E-state index in [9.17, 15) is 4.79 Å². The second kappa shape index (κ2) is 4.04. The minimum absolute atomic E-state index is 0.342. The van der Waals surface area contributed by atoms with Gasteiger partial charge >= 0.3 is 6.09 Å². The third-order valence-electron chi connectivity index (χ3n) is 1.93. The number of hydrogen-bond acceptors (Lipinski definition) is 4. The Morgan fingerprint density at radius 3 is 2.82 bits per heavy atom. The van der Waals surface area contributed by atoms with Gasteiger partial charge in [-0.25, -0.2) is 4.79 Å². The van der Waals surface area contributed by atoms with Crippen LogP contribution in [0.3, 0.4) is 0 Å². The first kappa shape index (κ1) is 11.4. The van der Waals surface area contributed by atoms with E-state index < -0.39 is 11.7 Å². The Labute approximate surface area is 98.6 Å². The van der Waals surface area contributed by atoms with Crippen LogP contribution in [0.4, 0.5) is 10.7 Å². The Morgan fingerprint density at radius 2 is 2.12 bits per heavy atom. The van der Waals surface area contributed by atoms with Crippen LogP contribution in [0.5, 0.6) is 0 Å². The van der Waals surface area contributed by atoms with Gasteiger partial charge in [0.05, 0.1) is 0 Å². The molecular weight excluding hydrogens is 220 g/mol. The number of anilines is 1. The Balaban J connectivity index is 2.16. The lowest BCUT2D eigenvalue weighted by atomic mass is 10.2. The molecule has 1 amide bonds. The van der Waals surface area contributed by atoms with Gasteiger partial charge in [0, 0.05) is 6.20 Å². The molecule has 2 rings (SSSR count). The van der Waals surface area contributed by atoms with Crippen molar-refractivity contribution in [2.24, 2.45) is 0 Å². The van der Waals surface area contributed by atoms with Gasteiger partial charge in [0.1, 0.15) is 5.60 Å². The normalized spacial score (nSPS) is 11.5. The number of nitrogens with zero attached hydrogens (tertiary/aromatic N) is 3. The zero-order chi connectivity index (χ0) is 12.5. The van der Waals surface area contributed by atoms with Crippen molar-refractivity contribution < 1.29 is 9.53 Å². The number of amides is 1. The molecule has 1 N–H and O–H groups in total. The van der Waals surface area contributed by atoms with E-state index in [1.165, 1.54) is 0 Å². The maximum Gasteiger partial charge on any atom is 0.414 e. The van der Waals surface area contributed by atoms with Crippen molar-refractivity contribution in [3.05, 3.63) is 24.4 Å². The van der Waals surface area contributed by atoms with Gasteiger partial charge in [-0.15, -0.1) is 10.2 Å². The third kappa shape index (κ3) is 2.72. The van der Waals surface area contributed by atoms with Gasteiger partial charge in [-0.05, 0) is 32.9 Å². The zero-order valence-electron chi connectivity index (χ0n) is 9.97. The number of nitrogens with one attached hydrogen (secondary N) is 1. The Morgan fingerprint density at radius 1 is 1.35 bits per heavy atom. The van der Waals surface area contributed by atoms with Crippen LogP contribution in [0.1, 0.15) is 20.8 Å². The Kier molecular flexibility index (Phi) is 2.71. The van der Waals surface area contributed by atoms with Gasteiger partial charge in [-0.3, -0.25) is 9.72 Å². The van der Waals surface area contributed by atoms with Crippen LogP contribution in [0.2, 0.25) is 0 Å². The zero-order valence-corrected chi connectivity index (χ0v) is 9.97. The fraction of sp³-hybridized carbons (Fsp3) is 0.364. The maximum absolute atomic E-state index is 11.6. The summed E-state index contributed by atoms with van der Waals surface area (Å²) >= 11 is 0. The van der Waals surface area contributed by atoms with Crippen molar-refractivity contribution in [2.75, 3.05) is 5.32 Å². The largest absolute Gasteiger partial charge is 0.444 e. The first-order valence-electron chi connectivity index (χ1n) is 5.25. The van der Waals surface area contributed by atoms with Crippen LogP contribution >= 0.6 is 0 Å². The van der Waals surface area contributed by atoms with E-state index in [0.29, 0.717) is 11.6 Å². The lowest BCUT2D eigenvalue weighted by molar-refractivity contribution is 0.0634. The summed E-state index contributed by atoms with van der Waals surface area (Å²) in [6.07, 6.45) is 1.22. The Hall–Kier alpha value is -2.11. The van der Waals surface area contributed by atoms with Gasteiger partial charge in [-0.1, -0.05) is 6.07 Å². The molecular formula is C11H14N4O2. The van der Waals surface area contributed by atoms with Crippen molar-refractivity contribution in [1.29, 1.82) is 0 Å². The molecule has 0 radical (unpaired) electrons. The van der Waals surface area contributed by atoms with Crippen LogP contribution < -0.4 is 5.32 Å². The van der Waals surface area contributed by atoms with Gasteiger partial charge in [0.25, 0.3) is 0 Å². The third-order valence-corrected chi connectivity index (χ3v) is 1.93. The first-order chi connectivity index (χ1) is 7.96. The standard InChI is InChI=1S/C11H14N4O2/c1-11(2,3)17-10(16)12-9-14-13-8-6-4-5-7-15(8)9/h4-7H,1-3H3,(H,12,14,16). The maximum atomic E-state index is 11.6. The van der Waals surface area contributed by atoms with E-state index in [4.69, 9.17) is 4.74 Å². The molecule has 2 aromatic rings. The molecule has 17 heavy (non-hydrogen) atoms. The molecule has 2 heterocycles. The van der Waals surface area contributed by atoms with E-state index >= 15 is 0 Å². The minimum Gasteiger partial charge on any atom is -0.444 e. The summed E-state index contributed by atoms with van der Waals surface area (Å²) < 4.78 is 6.80. The summed E-state index contributed by atoms with van der Waals surface area (Å²) in [6.45, 7) is 5.40. The number of aromatic nitrogens is 3. The van der Waals surface area contributed by atoms with Crippen LogP contribution in [0.25, 0.3) is 5.65 Å². The van der Waals surface area contributed by atoms with Crippen molar-refractivity contribution >= 4 is 17.7 Å². The molecule has 6 heteroatoms. The van der Waals surface area contributed by atoms with Crippen molar-refractivity contribution in [3.8, 4) is 0 Å². The van der Waals surface area contributed by atoms with E-state index in [1.807, 2.05) is 12.1 Å². The summed E-state index contributed by atoms with van der Waals surface area (Å²) in [5.74, 6) is 0.342. The highest BCUT2D eigenvalue weighted by molar-refractivity contribution is 5.83. The summed E-state index contributed by atoms with van der Waals surface area (Å²) in [4.78, 5) is 11.6. The molecule has 0 aliphatic rings. The average Bonchev–Trinajstić information content (AvgIpc) is 2.59. The number of rotatable bonds is 1. The van der Waals surface area contributed by atoms with E-state index in [2.05, 4.69) is 15.5 Å². The number of ether oxygens (including phenoxy) is 1. The molecule has 2 aromatic heterocycles. The molecule has 0 aromatic carbocycles. The number of hydrogen-bond donors (Lipinski definition) is 1. The van der Waals surface area contributed by atoms with Crippen LogP contribution in [-0.4, -0.2) is 26.3 Å². The van der Waals surface area contributed by atoms with Crippen molar-refractivity contribution in [2.45, 2.75) is 26.4 Å². The molecule has 0 bridgehead atoms. The second-order valence-corrected chi connectivity index (χ2v) is 4.58. The van der Waals surface area contributed by atoms with Gasteiger partial charge < -0.3 is 4.74 Å². The molecule has 0 aliphatic heterocycles. The number of fused-ring (bicyclic) bond motifs is 1. The highest BCUT2D eigenvalue weighted by Gasteiger charge is 2.17. The summed E-state index contributed by atoms with van der Waals surface area (Å²) in [5, 5.41) is 10.3. The monoisotopic (exact) mass is 234 g/mol. The molecule has 0 spiro atoms. The lowest BCUT2D eigenvalue weighted by Gasteiger charge is -2.19. The predicted molar refractivity (Wildman–Crippen MR) is 62.8 cm³/mol. The van der Waals surface area contributed by atoms with E-state index in [0.717, 1.165) is 0 Å². The molecule has 90 valence electrons. The van der Waals surface area contributed by atoms with E-state index in [-0.39, 0.29) is 0 Å².